The molecule has 3 atom stereocenters. The summed E-state index contributed by atoms with van der Waals surface area (Å²) in [5.41, 5.74) is 1.56. The van der Waals surface area contributed by atoms with Crippen molar-refractivity contribution in [2.24, 2.45) is 5.92 Å². The van der Waals surface area contributed by atoms with Crippen LogP contribution >= 0.6 is 34.8 Å². The van der Waals surface area contributed by atoms with E-state index in [9.17, 15) is 9.59 Å². The minimum Gasteiger partial charge on any atom is -0.332 e. The molecule has 0 unspecified atom stereocenters. The number of fused-ring (bicyclic) bond motifs is 5. The molecule has 3 aromatic rings. The number of alkyl halides is 3. The first-order valence-electron chi connectivity index (χ1n) is 10.6. The minimum absolute atomic E-state index is 0.0211. The van der Waals surface area contributed by atoms with Gasteiger partial charge in [-0.25, -0.2) is 0 Å². The summed E-state index contributed by atoms with van der Waals surface area (Å²) in [4.78, 5) is 27.6. The van der Waals surface area contributed by atoms with Gasteiger partial charge < -0.3 is 9.88 Å². The van der Waals surface area contributed by atoms with E-state index in [-0.39, 0.29) is 23.3 Å². The van der Waals surface area contributed by atoms with E-state index in [1.54, 1.807) is 18.2 Å². The highest BCUT2D eigenvalue weighted by Gasteiger charge is 2.44. The first-order valence-corrected chi connectivity index (χ1v) is 11.7. The summed E-state index contributed by atoms with van der Waals surface area (Å²) in [7, 11) is 0. The summed E-state index contributed by atoms with van der Waals surface area (Å²) in [6, 6.07) is 18.7. The molecule has 1 fully saturated rings. The van der Waals surface area contributed by atoms with Crippen LogP contribution in [0.2, 0.25) is 0 Å². The molecule has 1 amide bonds. The van der Waals surface area contributed by atoms with Crippen LogP contribution in [0.15, 0.2) is 65.5 Å². The second kappa shape index (κ2) is 8.38. The molecule has 0 aliphatic carbocycles. The summed E-state index contributed by atoms with van der Waals surface area (Å²) >= 11 is 19.2. The summed E-state index contributed by atoms with van der Waals surface area (Å²) < 4.78 is 0.136. The predicted molar refractivity (Wildman–Crippen MR) is 129 cm³/mol. The van der Waals surface area contributed by atoms with Gasteiger partial charge in [-0.15, -0.1) is 0 Å². The first-order chi connectivity index (χ1) is 15.3. The zero-order valence-corrected chi connectivity index (χ0v) is 19.4. The molecule has 0 spiro atoms. The maximum absolute atomic E-state index is 13.3. The SMILES string of the molecule is O=C(N[C@H](N1C[C@@H]2C[C@H](C1)c1cccc(=O)n1C2)C(Cl)(Cl)Cl)c1cccc2ccccc12. The number of rotatable bonds is 3. The lowest BCUT2D eigenvalue weighted by Crippen LogP contribution is -2.60. The summed E-state index contributed by atoms with van der Waals surface area (Å²) in [6.45, 7) is 1.85. The number of carbonyl (C=O) groups is 1. The van der Waals surface area contributed by atoms with Gasteiger partial charge in [0.05, 0.1) is 0 Å². The van der Waals surface area contributed by atoms with E-state index < -0.39 is 9.96 Å². The fourth-order valence-corrected chi connectivity index (χ4v) is 5.73. The van der Waals surface area contributed by atoms with E-state index in [0.717, 1.165) is 22.9 Å². The van der Waals surface area contributed by atoms with Gasteiger partial charge in [-0.1, -0.05) is 77.3 Å². The number of likely N-dealkylation sites (tertiary alicyclic amines) is 1. The van der Waals surface area contributed by atoms with E-state index >= 15 is 0 Å². The molecule has 8 heteroatoms. The Balaban J connectivity index is 1.44. The molecule has 5 nitrogen and oxygen atoms in total. The van der Waals surface area contributed by atoms with Crippen LogP contribution in [0.3, 0.4) is 0 Å². The van der Waals surface area contributed by atoms with Crippen LogP contribution in [-0.4, -0.2) is 38.4 Å². The molecule has 2 aromatic carbocycles. The lowest BCUT2D eigenvalue weighted by molar-refractivity contribution is 0.0587. The smallest absolute Gasteiger partial charge is 0.253 e. The van der Waals surface area contributed by atoms with Crippen molar-refractivity contribution >= 4 is 51.5 Å². The zero-order chi connectivity index (χ0) is 22.5. The Hall–Kier alpha value is -2.05. The second-order valence-electron chi connectivity index (χ2n) is 8.60. The van der Waals surface area contributed by atoms with Crippen LogP contribution in [0.1, 0.15) is 28.4 Å². The molecule has 1 saturated heterocycles. The Morgan fingerprint density at radius 2 is 1.72 bits per heavy atom. The van der Waals surface area contributed by atoms with Crippen LogP contribution in [0.25, 0.3) is 10.8 Å². The normalized spacial score (nSPS) is 21.7. The molecule has 1 N–H and O–H groups in total. The summed E-state index contributed by atoms with van der Waals surface area (Å²) in [5, 5.41) is 4.80. The third kappa shape index (κ3) is 4.03. The van der Waals surface area contributed by atoms with Gasteiger partial charge in [0.15, 0.2) is 0 Å². The molecule has 0 radical (unpaired) electrons. The molecular weight excluding hydrogens is 469 g/mol. The standard InChI is InChI=1S/C24H22Cl3N3O2/c25-24(26,27)23(28-22(32)19-8-3-6-16-5-1-2-7-18(16)19)29-12-15-11-17(14-29)20-9-4-10-21(31)30(20)13-15/h1-10,15,17,23H,11-14H2,(H,28,32)/t15-,17+,23+/m0/s1. The number of piperidine rings is 1. The Morgan fingerprint density at radius 3 is 2.53 bits per heavy atom. The number of amides is 1. The topological polar surface area (TPSA) is 54.3 Å². The fourth-order valence-electron chi connectivity index (χ4n) is 5.15. The number of nitrogens with zero attached hydrogens (tertiary/aromatic N) is 2. The number of carbonyl (C=O) groups excluding carboxylic acids is 1. The maximum Gasteiger partial charge on any atom is 0.253 e. The number of pyridine rings is 1. The Morgan fingerprint density at radius 1 is 0.969 bits per heavy atom. The van der Waals surface area contributed by atoms with Crippen LogP contribution in [-0.2, 0) is 6.54 Å². The molecular formula is C24H22Cl3N3O2. The lowest BCUT2D eigenvalue weighted by atomic mass is 9.83. The largest absolute Gasteiger partial charge is 0.332 e. The average molecular weight is 491 g/mol. The Kier molecular flexibility index (Phi) is 5.70. The van der Waals surface area contributed by atoms with Gasteiger partial charge in [-0.2, -0.15) is 0 Å². The summed E-state index contributed by atoms with van der Waals surface area (Å²) in [5.74, 6) is 0.0943. The molecule has 166 valence electrons. The molecule has 5 rings (SSSR count). The van der Waals surface area contributed by atoms with Crippen molar-refractivity contribution in [2.45, 2.75) is 28.8 Å². The molecule has 32 heavy (non-hydrogen) atoms. The maximum atomic E-state index is 13.3. The van der Waals surface area contributed by atoms with Gasteiger partial charge >= 0.3 is 0 Å². The fraction of sp³-hybridized carbons (Fsp3) is 0.333. The molecule has 2 aliphatic heterocycles. The number of nitrogens with one attached hydrogen (secondary N) is 1. The highest BCUT2D eigenvalue weighted by molar-refractivity contribution is 6.68. The van der Waals surface area contributed by atoms with E-state index in [1.807, 2.05) is 51.9 Å². The molecule has 3 heterocycles. The quantitative estimate of drug-likeness (QED) is 0.548. The number of halogens is 3. The van der Waals surface area contributed by atoms with Crippen molar-refractivity contribution in [3.05, 3.63) is 82.3 Å². The van der Waals surface area contributed by atoms with Crippen LogP contribution in [0, 0.1) is 5.92 Å². The number of aromatic nitrogens is 1. The van der Waals surface area contributed by atoms with Gasteiger partial charge in [-0.05, 0) is 35.2 Å². The first kappa shape index (κ1) is 21.8. The predicted octanol–water partition coefficient (Wildman–Crippen LogP) is 4.55. The van der Waals surface area contributed by atoms with Gasteiger partial charge in [0.25, 0.3) is 11.5 Å². The van der Waals surface area contributed by atoms with Gasteiger partial charge in [0, 0.05) is 42.9 Å². The van der Waals surface area contributed by atoms with Crippen molar-refractivity contribution in [3.8, 4) is 0 Å². The lowest BCUT2D eigenvalue weighted by Gasteiger charge is -2.47. The van der Waals surface area contributed by atoms with Crippen molar-refractivity contribution in [2.75, 3.05) is 13.1 Å². The highest BCUT2D eigenvalue weighted by atomic mass is 35.6. The monoisotopic (exact) mass is 489 g/mol. The molecule has 0 saturated carbocycles. The van der Waals surface area contributed by atoms with E-state index in [0.29, 0.717) is 25.2 Å². The Labute approximate surface area is 200 Å². The number of hydrogen-bond donors (Lipinski definition) is 1. The molecule has 2 bridgehead atoms. The van der Waals surface area contributed by atoms with Crippen molar-refractivity contribution in [1.82, 2.24) is 14.8 Å². The third-order valence-electron chi connectivity index (χ3n) is 6.49. The minimum atomic E-state index is -1.72. The van der Waals surface area contributed by atoms with Crippen molar-refractivity contribution in [1.29, 1.82) is 0 Å². The van der Waals surface area contributed by atoms with Crippen molar-refractivity contribution in [3.63, 3.8) is 0 Å². The second-order valence-corrected chi connectivity index (χ2v) is 11.0. The van der Waals surface area contributed by atoms with Crippen LogP contribution in [0.5, 0.6) is 0 Å². The van der Waals surface area contributed by atoms with Gasteiger partial charge in [0.1, 0.15) is 6.17 Å². The molecule has 1 aromatic heterocycles. The van der Waals surface area contributed by atoms with E-state index in [4.69, 9.17) is 34.8 Å². The third-order valence-corrected chi connectivity index (χ3v) is 7.11. The Bertz CT molecular complexity index is 1230. The van der Waals surface area contributed by atoms with Crippen LogP contribution in [0.4, 0.5) is 0 Å². The van der Waals surface area contributed by atoms with Gasteiger partial charge in [0.2, 0.25) is 3.79 Å². The van der Waals surface area contributed by atoms with Crippen LogP contribution < -0.4 is 10.9 Å². The van der Waals surface area contributed by atoms with E-state index in [2.05, 4.69) is 5.32 Å². The zero-order valence-electron chi connectivity index (χ0n) is 17.2. The average Bonchev–Trinajstić information content (AvgIpc) is 2.77. The van der Waals surface area contributed by atoms with E-state index in [1.165, 1.54) is 0 Å². The van der Waals surface area contributed by atoms with Crippen molar-refractivity contribution < 1.29 is 4.79 Å². The van der Waals surface area contributed by atoms with Gasteiger partial charge in [-0.3, -0.25) is 14.5 Å². The number of benzene rings is 2. The summed E-state index contributed by atoms with van der Waals surface area (Å²) in [6.07, 6.45) is 0.176. The number of hydrogen-bond acceptors (Lipinski definition) is 3. The molecule has 2 aliphatic rings. The highest BCUT2D eigenvalue weighted by Crippen LogP contribution is 2.40.